The molecule has 0 rings (SSSR count). The predicted molar refractivity (Wildman–Crippen MR) is 230 cm³/mol. The third kappa shape index (κ3) is 45.1. The van der Waals surface area contributed by atoms with E-state index in [1.54, 1.807) is 0 Å². The number of hydrogen-bond acceptors (Lipinski definition) is 6. The van der Waals surface area contributed by atoms with Gasteiger partial charge in [0, 0.05) is 12.8 Å². The fourth-order valence-corrected chi connectivity index (χ4v) is 7.13. The molecule has 9 heteroatoms. The maximum absolute atomic E-state index is 12.4. The summed E-state index contributed by atoms with van der Waals surface area (Å²) in [4.78, 5) is 42.9. The first-order chi connectivity index (χ1) is 26.8. The van der Waals surface area contributed by atoms with Crippen LogP contribution in [-0.4, -0.2) is 41.0 Å². The number of unbranched alkanes of at least 4 members (excludes halogenated alkanes) is 29. The molecule has 0 amide bonds. The van der Waals surface area contributed by atoms with E-state index in [9.17, 15) is 14.2 Å². The van der Waals surface area contributed by atoms with Crippen LogP contribution < -0.4 is 0 Å². The van der Waals surface area contributed by atoms with Crippen molar-refractivity contribution in [1.29, 1.82) is 0 Å². The molecule has 0 bridgehead atoms. The van der Waals surface area contributed by atoms with Gasteiger partial charge in [-0.3, -0.25) is 14.1 Å². The minimum Gasteiger partial charge on any atom is -0.462 e. The van der Waals surface area contributed by atoms with E-state index >= 15 is 0 Å². The van der Waals surface area contributed by atoms with Crippen LogP contribution in [0.2, 0.25) is 0 Å². The number of phosphoric acid groups is 1. The lowest BCUT2D eigenvalue weighted by molar-refractivity contribution is -0.161. The maximum Gasteiger partial charge on any atom is 0.469 e. The lowest BCUT2D eigenvalue weighted by Gasteiger charge is -2.18. The van der Waals surface area contributed by atoms with Crippen LogP contribution in [0.5, 0.6) is 0 Å². The zero-order valence-electron chi connectivity index (χ0n) is 35.8. The number of carbonyl (C=O) groups is 2. The molecule has 0 aliphatic carbocycles. The van der Waals surface area contributed by atoms with Crippen molar-refractivity contribution in [3.63, 3.8) is 0 Å². The monoisotopic (exact) mass is 799 g/mol. The Hall–Kier alpha value is -1.47. The van der Waals surface area contributed by atoms with Gasteiger partial charge in [-0.2, -0.15) is 0 Å². The first kappa shape index (κ1) is 53.5. The number of carbonyl (C=O) groups excluding carboxylic acids is 2. The summed E-state index contributed by atoms with van der Waals surface area (Å²) < 4.78 is 26.4. The van der Waals surface area contributed by atoms with E-state index in [1.165, 1.54) is 141 Å². The van der Waals surface area contributed by atoms with Gasteiger partial charge < -0.3 is 19.3 Å². The Labute approximate surface area is 339 Å². The Balaban J connectivity index is 3.77. The fourth-order valence-electron chi connectivity index (χ4n) is 6.77. The third-order valence-corrected chi connectivity index (χ3v) is 10.7. The summed E-state index contributed by atoms with van der Waals surface area (Å²) in [5.74, 6) is -0.890. The zero-order valence-corrected chi connectivity index (χ0v) is 36.7. The van der Waals surface area contributed by atoms with Gasteiger partial charge >= 0.3 is 19.8 Å². The number of hydrogen-bond donors (Lipinski definition) is 2. The Kier molecular flexibility index (Phi) is 41.0. The smallest absolute Gasteiger partial charge is 0.462 e. The van der Waals surface area contributed by atoms with E-state index < -0.39 is 32.5 Å². The molecule has 0 radical (unpaired) electrons. The molecule has 0 saturated carbocycles. The Bertz CT molecular complexity index is 946. The molecule has 0 aromatic carbocycles. The first-order valence-corrected chi connectivity index (χ1v) is 24.7. The molecule has 2 N–H and O–H groups in total. The van der Waals surface area contributed by atoms with E-state index in [4.69, 9.17) is 19.3 Å². The lowest BCUT2D eigenvalue weighted by Crippen LogP contribution is -2.29. The highest BCUT2D eigenvalue weighted by Gasteiger charge is 2.23. The number of rotatable bonds is 43. The average molecular weight is 799 g/mol. The summed E-state index contributed by atoms with van der Waals surface area (Å²) in [5.41, 5.74) is 0. The molecule has 0 aromatic heterocycles. The highest BCUT2D eigenvalue weighted by atomic mass is 31.2. The number of esters is 2. The van der Waals surface area contributed by atoms with Crippen molar-refractivity contribution in [1.82, 2.24) is 0 Å². The quantitative estimate of drug-likeness (QED) is 0.0271. The summed E-state index contributed by atoms with van der Waals surface area (Å²) in [6, 6.07) is 0. The minimum atomic E-state index is -4.75. The number of ether oxygens (including phenoxy) is 2. The van der Waals surface area contributed by atoms with Gasteiger partial charge in [0.2, 0.25) is 0 Å². The highest BCUT2D eigenvalue weighted by Crippen LogP contribution is 2.36. The molecule has 1 atom stereocenters. The van der Waals surface area contributed by atoms with E-state index in [0.717, 1.165) is 64.2 Å². The van der Waals surface area contributed by atoms with Crippen LogP contribution in [0.25, 0.3) is 0 Å². The van der Waals surface area contributed by atoms with Gasteiger partial charge in [0.25, 0.3) is 0 Å². The van der Waals surface area contributed by atoms with Crippen molar-refractivity contribution in [2.75, 3.05) is 13.2 Å². The number of phosphoric ester groups is 1. The first-order valence-electron chi connectivity index (χ1n) is 23.1. The van der Waals surface area contributed by atoms with Gasteiger partial charge in [-0.25, -0.2) is 4.57 Å². The van der Waals surface area contributed by atoms with Crippen molar-refractivity contribution in [2.45, 2.75) is 245 Å². The van der Waals surface area contributed by atoms with Gasteiger partial charge in [-0.1, -0.05) is 212 Å². The summed E-state index contributed by atoms with van der Waals surface area (Å²) in [6.07, 6.45) is 49.2. The summed E-state index contributed by atoms with van der Waals surface area (Å²) in [6.45, 7) is 3.64. The molecule has 0 aliphatic heterocycles. The zero-order chi connectivity index (χ0) is 40.3. The Morgan fingerprint density at radius 3 is 1.27 bits per heavy atom. The fraction of sp³-hybridized carbons (Fsp3) is 0.870. The molecule has 8 nitrogen and oxygen atoms in total. The molecule has 0 aromatic rings. The number of allylic oxidation sites excluding steroid dienone is 4. The largest absolute Gasteiger partial charge is 0.469 e. The average Bonchev–Trinajstić information content (AvgIpc) is 3.16. The summed E-state index contributed by atoms with van der Waals surface area (Å²) in [7, 11) is -4.75. The molecule has 0 aliphatic rings. The van der Waals surface area contributed by atoms with Crippen molar-refractivity contribution in [3.8, 4) is 0 Å². The predicted octanol–water partition coefficient (Wildman–Crippen LogP) is 14.4. The Morgan fingerprint density at radius 2 is 0.855 bits per heavy atom. The summed E-state index contributed by atoms with van der Waals surface area (Å²) in [5, 5.41) is 0. The third-order valence-electron chi connectivity index (χ3n) is 10.2. The van der Waals surface area contributed by atoms with Crippen molar-refractivity contribution < 1.29 is 37.9 Å². The van der Waals surface area contributed by atoms with E-state index in [0.29, 0.717) is 6.42 Å². The van der Waals surface area contributed by atoms with Crippen LogP contribution in [0.1, 0.15) is 239 Å². The molecule has 0 spiro atoms. The van der Waals surface area contributed by atoms with Crippen molar-refractivity contribution >= 4 is 19.8 Å². The SMILES string of the molecule is CCC/C=C\C/C=C\CCCCCCCC(=O)OC(COC(=O)CCCCCCCCCCCCCCCCCCCCCCCCCC)COP(=O)(O)O. The molecular weight excluding hydrogens is 711 g/mol. The molecular formula is C46H87O8P. The van der Waals surface area contributed by atoms with E-state index in [2.05, 4.69) is 42.7 Å². The van der Waals surface area contributed by atoms with Crippen molar-refractivity contribution in [2.24, 2.45) is 0 Å². The second-order valence-electron chi connectivity index (χ2n) is 15.7. The van der Waals surface area contributed by atoms with E-state index in [-0.39, 0.29) is 19.4 Å². The van der Waals surface area contributed by atoms with Gasteiger partial charge in [0.15, 0.2) is 6.10 Å². The van der Waals surface area contributed by atoms with Crippen LogP contribution in [0.3, 0.4) is 0 Å². The van der Waals surface area contributed by atoms with Gasteiger partial charge in [0.1, 0.15) is 6.61 Å². The highest BCUT2D eigenvalue weighted by molar-refractivity contribution is 7.46. The van der Waals surface area contributed by atoms with Crippen LogP contribution in [0.4, 0.5) is 0 Å². The maximum atomic E-state index is 12.4. The lowest BCUT2D eigenvalue weighted by atomic mass is 10.0. The van der Waals surface area contributed by atoms with E-state index in [1.807, 2.05) is 0 Å². The Morgan fingerprint density at radius 1 is 0.473 bits per heavy atom. The second kappa shape index (κ2) is 42.1. The molecule has 0 saturated heterocycles. The molecule has 1 unspecified atom stereocenters. The molecule has 0 heterocycles. The van der Waals surface area contributed by atoms with Gasteiger partial charge in [-0.15, -0.1) is 0 Å². The van der Waals surface area contributed by atoms with Crippen LogP contribution in [0, 0.1) is 0 Å². The molecule has 0 fully saturated rings. The van der Waals surface area contributed by atoms with Crippen molar-refractivity contribution in [3.05, 3.63) is 24.3 Å². The second-order valence-corrected chi connectivity index (χ2v) is 17.0. The normalized spacial score (nSPS) is 12.6. The topological polar surface area (TPSA) is 119 Å². The standard InChI is InChI=1S/C46H87O8P/c1-3-5-7-9-11-13-15-17-18-19-20-21-22-23-24-25-26-27-29-30-32-34-36-38-40-45(47)52-42-44(43-53-55(49,50)51)54-46(48)41-39-37-35-33-31-28-16-14-12-10-8-6-4-2/h8,10,14,16,44H,3-7,9,11-13,15,17-43H2,1-2H3,(H2,49,50,51)/b10-8-,16-14-. The summed E-state index contributed by atoms with van der Waals surface area (Å²) >= 11 is 0. The van der Waals surface area contributed by atoms with Crippen LogP contribution >= 0.6 is 7.82 Å². The van der Waals surface area contributed by atoms with Gasteiger partial charge in [-0.05, 0) is 38.5 Å². The molecule has 55 heavy (non-hydrogen) atoms. The van der Waals surface area contributed by atoms with Gasteiger partial charge in [0.05, 0.1) is 6.61 Å². The van der Waals surface area contributed by atoms with Crippen LogP contribution in [-0.2, 0) is 28.2 Å². The van der Waals surface area contributed by atoms with Crippen LogP contribution in [0.15, 0.2) is 24.3 Å². The molecule has 324 valence electrons. The minimum absolute atomic E-state index is 0.198.